The van der Waals surface area contributed by atoms with Crippen molar-refractivity contribution in [2.75, 3.05) is 26.2 Å². The van der Waals surface area contributed by atoms with Crippen LogP contribution in [0, 0.1) is 12.7 Å². The maximum atomic E-state index is 13.8. The van der Waals surface area contributed by atoms with Crippen molar-refractivity contribution in [3.63, 3.8) is 0 Å². The molecule has 0 saturated carbocycles. The molecule has 0 N–H and O–H groups in total. The van der Waals surface area contributed by atoms with Gasteiger partial charge in [0.15, 0.2) is 11.5 Å². The number of carbonyl (C=O) groups is 2. The third kappa shape index (κ3) is 3.47. The molecule has 1 aliphatic carbocycles. The lowest BCUT2D eigenvalue weighted by Crippen LogP contribution is -2.28. The number of fused-ring (bicyclic) bond motifs is 1. The topological polar surface area (TPSA) is 75.8 Å². The fourth-order valence-electron chi connectivity index (χ4n) is 3.42. The average molecular weight is 369 g/mol. The summed E-state index contributed by atoms with van der Waals surface area (Å²) in [5.41, 5.74) is 1.11. The smallest absolute Gasteiger partial charge is 0.244 e. The first-order valence-electron chi connectivity index (χ1n) is 9.14. The van der Waals surface area contributed by atoms with Crippen LogP contribution in [-0.2, 0) is 0 Å². The third-order valence-electron chi connectivity index (χ3n) is 5.02. The molecule has 0 unspecified atom stereocenters. The maximum absolute atomic E-state index is 13.8. The molecule has 6 nitrogen and oxygen atoms in total. The van der Waals surface area contributed by atoms with Gasteiger partial charge < -0.3 is 9.32 Å². The number of likely N-dealkylation sites (tertiary alicyclic amines) is 1. The van der Waals surface area contributed by atoms with E-state index in [2.05, 4.69) is 14.9 Å². The highest BCUT2D eigenvalue weighted by atomic mass is 19.1. The first kappa shape index (κ1) is 17.7. The molecule has 1 aromatic heterocycles. The van der Waals surface area contributed by atoms with Crippen molar-refractivity contribution in [1.82, 2.24) is 9.88 Å². The van der Waals surface area contributed by atoms with Gasteiger partial charge in [-0.15, -0.1) is 0 Å². The summed E-state index contributed by atoms with van der Waals surface area (Å²) < 4.78 is 19.3. The van der Waals surface area contributed by atoms with Crippen LogP contribution in [0.25, 0.3) is 11.5 Å². The van der Waals surface area contributed by atoms with Crippen LogP contribution in [0.15, 0.2) is 27.6 Å². The predicted molar refractivity (Wildman–Crippen MR) is 97.9 cm³/mol. The van der Waals surface area contributed by atoms with Crippen LogP contribution >= 0.6 is 0 Å². The fourth-order valence-corrected chi connectivity index (χ4v) is 3.42. The summed E-state index contributed by atoms with van der Waals surface area (Å²) in [4.78, 5) is 35.8. The number of carbonyl (C=O) groups excluding carboxylic acids is 2. The molecule has 7 heteroatoms. The van der Waals surface area contributed by atoms with Crippen LogP contribution < -0.4 is 0 Å². The molecule has 1 aliphatic heterocycles. The van der Waals surface area contributed by atoms with Gasteiger partial charge in [0, 0.05) is 12.1 Å². The number of oxazole rings is 1. The van der Waals surface area contributed by atoms with E-state index in [-0.39, 0.29) is 35.3 Å². The van der Waals surface area contributed by atoms with Gasteiger partial charge in [0.2, 0.25) is 17.4 Å². The van der Waals surface area contributed by atoms with Crippen LogP contribution in [0.3, 0.4) is 0 Å². The zero-order valence-corrected chi connectivity index (χ0v) is 15.1. The molecule has 2 heterocycles. The summed E-state index contributed by atoms with van der Waals surface area (Å²) >= 11 is 0. The Balaban J connectivity index is 1.57. The van der Waals surface area contributed by atoms with Crippen molar-refractivity contribution in [3.05, 3.63) is 41.0 Å². The molecule has 2 aromatic rings. The predicted octanol–water partition coefficient (Wildman–Crippen LogP) is 3.10. The Kier molecular flexibility index (Phi) is 4.70. The number of hydrogen-bond donors (Lipinski definition) is 0. The monoisotopic (exact) mass is 369 g/mol. The van der Waals surface area contributed by atoms with Gasteiger partial charge in [-0.05, 0) is 50.6 Å². The van der Waals surface area contributed by atoms with E-state index in [9.17, 15) is 14.0 Å². The number of rotatable bonds is 4. The maximum Gasteiger partial charge on any atom is 0.244 e. The number of aryl methyl sites for hydroxylation is 1. The van der Waals surface area contributed by atoms with E-state index in [0.29, 0.717) is 17.7 Å². The molecule has 4 rings (SSSR count). The zero-order valence-electron chi connectivity index (χ0n) is 15.1. The molecule has 140 valence electrons. The summed E-state index contributed by atoms with van der Waals surface area (Å²) in [6, 6.07) is 4.53. The van der Waals surface area contributed by atoms with E-state index < -0.39 is 11.6 Å². The van der Waals surface area contributed by atoms with Gasteiger partial charge in [-0.25, -0.2) is 9.37 Å². The Morgan fingerprint density at radius 1 is 1.26 bits per heavy atom. The molecule has 0 bridgehead atoms. The Bertz CT molecular complexity index is 942. The van der Waals surface area contributed by atoms with Crippen molar-refractivity contribution in [3.8, 4) is 11.5 Å². The Hall–Kier alpha value is -2.67. The minimum Gasteiger partial charge on any atom is -0.432 e. The standard InChI is InChI=1S/C20H20FN3O3/c1-12-4-5-13(10-14(12)21)20-23-17-16(25)11-15(18(26)19(17)27-20)22-6-9-24-7-2-3-8-24/h4-5,10H,2-3,6-9,11H2,1H3. The van der Waals surface area contributed by atoms with Crippen molar-refractivity contribution in [1.29, 1.82) is 0 Å². The van der Waals surface area contributed by atoms with Gasteiger partial charge in [-0.3, -0.25) is 14.6 Å². The quantitative estimate of drug-likeness (QED) is 0.828. The lowest BCUT2D eigenvalue weighted by molar-refractivity contribution is 0.0949. The van der Waals surface area contributed by atoms with Gasteiger partial charge in [0.1, 0.15) is 5.82 Å². The molecule has 27 heavy (non-hydrogen) atoms. The Morgan fingerprint density at radius 3 is 2.78 bits per heavy atom. The normalized spacial score (nSPS) is 19.1. The van der Waals surface area contributed by atoms with Crippen LogP contribution in [0.4, 0.5) is 4.39 Å². The largest absolute Gasteiger partial charge is 0.432 e. The molecule has 0 radical (unpaired) electrons. The van der Waals surface area contributed by atoms with E-state index in [4.69, 9.17) is 4.42 Å². The van der Waals surface area contributed by atoms with Crippen molar-refractivity contribution in [2.45, 2.75) is 26.2 Å². The minimum atomic E-state index is -0.405. The first-order valence-corrected chi connectivity index (χ1v) is 9.14. The second-order valence-electron chi connectivity index (χ2n) is 6.97. The van der Waals surface area contributed by atoms with Crippen LogP contribution in [0.5, 0.6) is 0 Å². The molecule has 0 atom stereocenters. The van der Waals surface area contributed by atoms with Gasteiger partial charge in [0.05, 0.1) is 18.7 Å². The highest BCUT2D eigenvalue weighted by molar-refractivity contribution is 6.51. The van der Waals surface area contributed by atoms with Gasteiger partial charge >= 0.3 is 0 Å². The highest BCUT2D eigenvalue weighted by Crippen LogP contribution is 2.28. The summed E-state index contributed by atoms with van der Waals surface area (Å²) in [7, 11) is 0. The number of halogens is 1. The second kappa shape index (κ2) is 7.15. The van der Waals surface area contributed by atoms with E-state index in [1.54, 1.807) is 19.1 Å². The molecule has 1 fully saturated rings. The van der Waals surface area contributed by atoms with Crippen LogP contribution in [-0.4, -0.2) is 53.3 Å². The number of hydrogen-bond acceptors (Lipinski definition) is 6. The second-order valence-corrected chi connectivity index (χ2v) is 6.97. The molecular weight excluding hydrogens is 349 g/mol. The summed E-state index contributed by atoms with van der Waals surface area (Å²) in [5.74, 6) is -1.13. The van der Waals surface area contributed by atoms with E-state index >= 15 is 0 Å². The Labute approximate surface area is 156 Å². The lowest BCUT2D eigenvalue weighted by atomic mass is 9.97. The molecule has 1 aromatic carbocycles. The van der Waals surface area contributed by atoms with Gasteiger partial charge in [-0.2, -0.15) is 0 Å². The number of ketones is 2. The number of nitrogens with zero attached hydrogens (tertiary/aromatic N) is 3. The van der Waals surface area contributed by atoms with E-state index in [0.717, 1.165) is 19.6 Å². The van der Waals surface area contributed by atoms with Gasteiger partial charge in [0.25, 0.3) is 0 Å². The molecule has 1 saturated heterocycles. The number of benzene rings is 1. The summed E-state index contributed by atoms with van der Waals surface area (Å²) in [6.45, 7) is 5.02. The fraction of sp³-hybridized carbons (Fsp3) is 0.400. The Morgan fingerprint density at radius 2 is 2.04 bits per heavy atom. The molecular formula is C20H20FN3O3. The summed E-state index contributed by atoms with van der Waals surface area (Å²) in [6.07, 6.45) is 2.32. The average Bonchev–Trinajstić information content (AvgIpc) is 3.31. The van der Waals surface area contributed by atoms with Crippen LogP contribution in [0.2, 0.25) is 0 Å². The highest BCUT2D eigenvalue weighted by Gasteiger charge is 2.35. The van der Waals surface area contributed by atoms with Gasteiger partial charge in [-0.1, -0.05) is 6.07 Å². The summed E-state index contributed by atoms with van der Waals surface area (Å²) in [5, 5.41) is 0. The molecule has 2 aliphatic rings. The van der Waals surface area contributed by atoms with Crippen molar-refractivity contribution in [2.24, 2.45) is 4.99 Å². The van der Waals surface area contributed by atoms with Crippen molar-refractivity contribution >= 4 is 17.3 Å². The number of aromatic nitrogens is 1. The van der Waals surface area contributed by atoms with E-state index in [1.807, 2.05) is 0 Å². The third-order valence-corrected chi connectivity index (χ3v) is 5.02. The lowest BCUT2D eigenvalue weighted by Gasteiger charge is -2.13. The van der Waals surface area contributed by atoms with Crippen LogP contribution in [0.1, 0.15) is 45.9 Å². The minimum absolute atomic E-state index is 0.00877. The molecule has 0 amide bonds. The number of Topliss-reactive ketones (excluding diaryl/α,β-unsaturated/α-hetero) is 2. The zero-order chi connectivity index (χ0) is 19.0. The van der Waals surface area contributed by atoms with E-state index in [1.165, 1.54) is 18.9 Å². The van der Waals surface area contributed by atoms with Crippen molar-refractivity contribution < 1.29 is 18.4 Å². The SMILES string of the molecule is Cc1ccc(-c2nc3c(o2)C(=O)C(=NCCN2CCCC2)CC3=O)cc1F. The first-order chi connectivity index (χ1) is 13.0. The number of aliphatic imine (C=N–C) groups is 1. The molecule has 0 spiro atoms.